The van der Waals surface area contributed by atoms with E-state index in [-0.39, 0.29) is 0 Å². The van der Waals surface area contributed by atoms with Gasteiger partial charge in [-0.05, 0) is 6.42 Å². The molecule has 1 aliphatic rings. The third-order valence-electron chi connectivity index (χ3n) is 2.19. The van der Waals surface area contributed by atoms with E-state index in [0.29, 0.717) is 0 Å². The molecule has 82 valence electrons. The fraction of sp³-hybridized carbons (Fsp3) is 0.750. The highest BCUT2D eigenvalue weighted by Gasteiger charge is 2.32. The third-order valence-corrected chi connectivity index (χ3v) is 3.38. The summed E-state index contributed by atoms with van der Waals surface area (Å²) in [5.41, 5.74) is -0.728. The molecule has 1 aliphatic heterocycles. The van der Waals surface area contributed by atoms with Crippen LogP contribution in [0.1, 0.15) is 19.8 Å². The van der Waals surface area contributed by atoms with E-state index in [2.05, 4.69) is 6.92 Å². The van der Waals surface area contributed by atoms with Crippen molar-refractivity contribution in [2.45, 2.75) is 25.3 Å². The Morgan fingerprint density at radius 1 is 1.43 bits per heavy atom. The first-order valence-corrected chi connectivity index (χ1v) is 6.25. The number of rotatable bonds is 4. The Balaban J connectivity index is 2.71. The van der Waals surface area contributed by atoms with E-state index in [1.54, 1.807) is 29.2 Å². The molecule has 0 spiro atoms. The zero-order chi connectivity index (χ0) is 10.8. The molecule has 1 atom stereocenters. The normalized spacial score (nSPS) is 22.1. The summed E-state index contributed by atoms with van der Waals surface area (Å²) < 4.78 is 22.5. The summed E-state index contributed by atoms with van der Waals surface area (Å²) in [7, 11) is -1.84. The van der Waals surface area contributed by atoms with Gasteiger partial charge in [0, 0.05) is 26.0 Å². The van der Waals surface area contributed by atoms with Crippen molar-refractivity contribution in [1.82, 2.24) is 9.80 Å². The molecule has 0 aromatic rings. The first-order chi connectivity index (χ1) is 6.46. The van der Waals surface area contributed by atoms with Crippen LogP contribution in [0.4, 0.5) is 0 Å². The van der Waals surface area contributed by atoms with Gasteiger partial charge in [-0.1, -0.05) is 13.3 Å². The van der Waals surface area contributed by atoms with E-state index < -0.39 is 15.5 Å². The molecule has 0 radical (unpaired) electrons. The fourth-order valence-corrected chi connectivity index (χ4v) is 2.61. The van der Waals surface area contributed by atoms with Gasteiger partial charge in [0.05, 0.1) is 0 Å². The Labute approximate surface area is 85.2 Å². The van der Waals surface area contributed by atoms with Gasteiger partial charge in [0.1, 0.15) is 0 Å². The molecule has 1 unspecified atom stereocenters. The van der Waals surface area contributed by atoms with E-state index in [9.17, 15) is 8.42 Å². The summed E-state index contributed by atoms with van der Waals surface area (Å²) >= 11 is 0. The minimum absolute atomic E-state index is 0.721. The number of hydrogen-bond acceptors (Lipinski definition) is 4. The summed E-state index contributed by atoms with van der Waals surface area (Å²) in [5.74, 6) is 0. The van der Waals surface area contributed by atoms with Gasteiger partial charge in [0.15, 0.2) is 0 Å². The molecule has 14 heavy (non-hydrogen) atoms. The Kier molecular flexibility index (Phi) is 3.38. The third kappa shape index (κ3) is 2.39. The lowest BCUT2D eigenvalue weighted by Gasteiger charge is -2.28. The van der Waals surface area contributed by atoms with Crippen LogP contribution in [0.3, 0.4) is 0 Å². The summed E-state index contributed by atoms with van der Waals surface area (Å²) in [6.45, 7) is 2.79. The van der Waals surface area contributed by atoms with Gasteiger partial charge in [-0.3, -0.25) is 0 Å². The smallest absolute Gasteiger partial charge is 0.249 e. The van der Waals surface area contributed by atoms with Gasteiger partial charge < -0.3 is 9.80 Å². The van der Waals surface area contributed by atoms with Gasteiger partial charge in [0.2, 0.25) is 15.5 Å². The van der Waals surface area contributed by atoms with Crippen molar-refractivity contribution in [3.05, 3.63) is 12.4 Å². The number of hydrogen-bond donors (Lipinski definition) is 1. The molecule has 2 N–H and O–H groups in total. The van der Waals surface area contributed by atoms with Gasteiger partial charge in [-0.25, -0.2) is 13.6 Å². The van der Waals surface area contributed by atoms with Gasteiger partial charge in [-0.2, -0.15) is 0 Å². The Morgan fingerprint density at radius 3 is 2.57 bits per heavy atom. The Bertz CT molecular complexity index is 313. The predicted octanol–water partition coefficient (Wildman–Crippen LogP) is 0.0772. The van der Waals surface area contributed by atoms with Crippen molar-refractivity contribution in [3.63, 3.8) is 0 Å². The zero-order valence-corrected chi connectivity index (χ0v) is 9.37. The number of nitrogens with zero attached hydrogens (tertiary/aromatic N) is 2. The van der Waals surface area contributed by atoms with E-state index in [4.69, 9.17) is 5.14 Å². The topological polar surface area (TPSA) is 66.6 Å². The average Bonchev–Trinajstić information content (AvgIpc) is 2.42. The van der Waals surface area contributed by atoms with Crippen LogP contribution < -0.4 is 5.14 Å². The van der Waals surface area contributed by atoms with Crippen LogP contribution in [0.15, 0.2) is 12.4 Å². The van der Waals surface area contributed by atoms with Gasteiger partial charge >= 0.3 is 0 Å². The summed E-state index contributed by atoms with van der Waals surface area (Å²) in [4.78, 5) is 3.35. The molecular formula is C8H17N3O2S. The SMILES string of the molecule is CCCCN1C=CN(C)C1S(N)(=O)=O. The summed E-state index contributed by atoms with van der Waals surface area (Å²) in [6.07, 6.45) is 5.49. The second-order valence-electron chi connectivity index (χ2n) is 3.47. The van der Waals surface area contributed by atoms with Gasteiger partial charge in [0.25, 0.3) is 0 Å². The van der Waals surface area contributed by atoms with Crippen molar-refractivity contribution < 1.29 is 8.42 Å². The lowest BCUT2D eigenvalue weighted by atomic mass is 10.3. The molecular weight excluding hydrogens is 202 g/mol. The molecule has 0 aromatic carbocycles. The van der Waals surface area contributed by atoms with E-state index in [1.807, 2.05) is 0 Å². The number of nitrogens with two attached hydrogens (primary N) is 1. The average molecular weight is 219 g/mol. The van der Waals surface area contributed by atoms with E-state index in [0.717, 1.165) is 19.4 Å². The molecule has 0 saturated heterocycles. The number of primary sulfonamides is 1. The predicted molar refractivity (Wildman–Crippen MR) is 55.4 cm³/mol. The highest BCUT2D eigenvalue weighted by molar-refractivity contribution is 7.89. The summed E-state index contributed by atoms with van der Waals surface area (Å²) in [6, 6.07) is 0. The minimum Gasteiger partial charge on any atom is -0.346 e. The fourth-order valence-electron chi connectivity index (χ4n) is 1.52. The maximum absolute atomic E-state index is 11.3. The number of unbranched alkanes of at least 4 members (excludes halogenated alkanes) is 1. The maximum atomic E-state index is 11.3. The molecule has 0 aromatic heterocycles. The highest BCUT2D eigenvalue weighted by Crippen LogP contribution is 2.17. The molecule has 1 heterocycles. The van der Waals surface area contributed by atoms with Crippen LogP contribution in [0.2, 0.25) is 0 Å². The van der Waals surface area contributed by atoms with Crippen molar-refractivity contribution in [2.75, 3.05) is 13.6 Å². The summed E-state index contributed by atoms with van der Waals surface area (Å²) in [5, 5.41) is 5.14. The van der Waals surface area contributed by atoms with Gasteiger partial charge in [-0.15, -0.1) is 0 Å². The van der Waals surface area contributed by atoms with Crippen LogP contribution in [-0.4, -0.2) is 37.3 Å². The first kappa shape index (κ1) is 11.3. The van der Waals surface area contributed by atoms with Crippen molar-refractivity contribution in [1.29, 1.82) is 0 Å². The quantitative estimate of drug-likeness (QED) is 0.727. The van der Waals surface area contributed by atoms with Crippen molar-refractivity contribution >= 4 is 10.0 Å². The monoisotopic (exact) mass is 219 g/mol. The van der Waals surface area contributed by atoms with Crippen LogP contribution >= 0.6 is 0 Å². The Morgan fingerprint density at radius 2 is 2.07 bits per heavy atom. The molecule has 0 bridgehead atoms. The lowest BCUT2D eigenvalue weighted by molar-refractivity contribution is 0.246. The standard InChI is InChI=1S/C8H17N3O2S/c1-3-4-5-11-7-6-10(2)8(11)14(9,12)13/h6-8H,3-5H2,1-2H3,(H2,9,12,13). The second kappa shape index (κ2) is 4.18. The molecule has 0 aliphatic carbocycles. The lowest BCUT2D eigenvalue weighted by Crippen LogP contribution is -2.46. The molecule has 0 amide bonds. The van der Waals surface area contributed by atoms with Crippen LogP contribution in [0, 0.1) is 0 Å². The van der Waals surface area contributed by atoms with Crippen LogP contribution in [-0.2, 0) is 10.0 Å². The largest absolute Gasteiger partial charge is 0.346 e. The molecule has 0 fully saturated rings. The molecule has 6 heteroatoms. The molecule has 5 nitrogen and oxygen atoms in total. The van der Waals surface area contributed by atoms with E-state index in [1.165, 1.54) is 0 Å². The maximum Gasteiger partial charge on any atom is 0.249 e. The zero-order valence-electron chi connectivity index (χ0n) is 8.55. The molecule has 0 saturated carbocycles. The first-order valence-electron chi connectivity index (χ1n) is 4.64. The number of sulfonamides is 1. The van der Waals surface area contributed by atoms with Crippen LogP contribution in [0.25, 0.3) is 0 Å². The second-order valence-corrected chi connectivity index (χ2v) is 5.07. The van der Waals surface area contributed by atoms with Crippen molar-refractivity contribution in [3.8, 4) is 0 Å². The molecule has 1 rings (SSSR count). The minimum atomic E-state index is -3.54. The van der Waals surface area contributed by atoms with E-state index >= 15 is 0 Å². The van der Waals surface area contributed by atoms with Crippen molar-refractivity contribution in [2.24, 2.45) is 5.14 Å². The highest BCUT2D eigenvalue weighted by atomic mass is 32.2. The van der Waals surface area contributed by atoms with Crippen LogP contribution in [0.5, 0.6) is 0 Å². The Hall–Kier alpha value is -0.750.